The minimum atomic E-state index is -1.41. The van der Waals surface area contributed by atoms with E-state index in [2.05, 4.69) is 10.3 Å². The number of ether oxygens (including phenoxy) is 1. The van der Waals surface area contributed by atoms with Gasteiger partial charge in [-0.2, -0.15) is 0 Å². The molecule has 24 heavy (non-hydrogen) atoms. The van der Waals surface area contributed by atoms with Gasteiger partial charge in [0, 0.05) is 6.20 Å². The predicted octanol–water partition coefficient (Wildman–Crippen LogP) is -0.0363. The van der Waals surface area contributed by atoms with Gasteiger partial charge in [-0.25, -0.2) is 9.78 Å². The topological polar surface area (TPSA) is 136 Å². The molecule has 2 heterocycles. The van der Waals surface area contributed by atoms with Crippen LogP contribution in [-0.4, -0.2) is 45.4 Å². The van der Waals surface area contributed by atoms with E-state index in [1.807, 2.05) is 6.92 Å². The molecule has 128 valence electrons. The van der Waals surface area contributed by atoms with Gasteiger partial charge in [-0.15, -0.1) is 0 Å². The fourth-order valence-corrected chi connectivity index (χ4v) is 2.36. The van der Waals surface area contributed by atoms with E-state index in [0.717, 1.165) is 0 Å². The van der Waals surface area contributed by atoms with Crippen LogP contribution in [0.15, 0.2) is 18.3 Å². The van der Waals surface area contributed by atoms with E-state index >= 15 is 0 Å². The second-order valence-electron chi connectivity index (χ2n) is 5.07. The molecule has 1 atom stereocenters. The number of nitrogens with zero attached hydrogens (tertiary/aromatic N) is 2. The Morgan fingerprint density at radius 2 is 2.17 bits per heavy atom. The van der Waals surface area contributed by atoms with Gasteiger partial charge in [0.1, 0.15) is 11.7 Å². The van der Waals surface area contributed by atoms with Gasteiger partial charge in [0.15, 0.2) is 11.4 Å². The number of pyridine rings is 1. The van der Waals surface area contributed by atoms with Gasteiger partial charge in [-0.3, -0.25) is 14.0 Å². The Morgan fingerprint density at radius 1 is 1.46 bits per heavy atom. The molecule has 9 heteroatoms. The molecule has 9 nitrogen and oxygen atoms in total. The zero-order chi connectivity index (χ0) is 17.9. The van der Waals surface area contributed by atoms with Crippen LogP contribution in [0.5, 0.6) is 5.75 Å². The highest BCUT2D eigenvalue weighted by molar-refractivity contribution is 5.98. The van der Waals surface area contributed by atoms with E-state index < -0.39 is 30.2 Å². The number of hydrogen-bond donors (Lipinski definition) is 3. The first kappa shape index (κ1) is 17.3. The Kier molecular flexibility index (Phi) is 5.02. The first-order valence-corrected chi connectivity index (χ1v) is 7.24. The number of rotatable bonds is 7. The van der Waals surface area contributed by atoms with E-state index in [0.29, 0.717) is 23.5 Å². The second-order valence-corrected chi connectivity index (χ2v) is 5.07. The third kappa shape index (κ3) is 3.29. The first-order chi connectivity index (χ1) is 11.4. The molecule has 0 spiro atoms. The number of carboxylic acid groups (broad SMARTS) is 1. The lowest BCUT2D eigenvalue weighted by molar-refractivity contribution is -0.140. The Morgan fingerprint density at radius 3 is 2.71 bits per heavy atom. The van der Waals surface area contributed by atoms with Crippen molar-refractivity contribution in [2.45, 2.75) is 25.8 Å². The van der Waals surface area contributed by atoms with Crippen molar-refractivity contribution in [1.82, 2.24) is 14.7 Å². The highest BCUT2D eigenvalue weighted by Crippen LogP contribution is 2.22. The summed E-state index contributed by atoms with van der Waals surface area (Å²) in [5.74, 6) is -2.33. The van der Waals surface area contributed by atoms with Crippen molar-refractivity contribution in [2.24, 2.45) is 5.73 Å². The number of fused-ring (bicyclic) bond motifs is 1. The standard InChI is InChI=1S/C15H18N4O5/c1-3-8-12(14(21)18-9(15(22)23)7-11(16)20)19-6-4-5-10(24-2)13(19)17-8/h4-6,9H,3,7H2,1-2H3,(H2,16,20)(H,18,21)(H,22,23). The number of nitrogens with two attached hydrogens (primary N) is 1. The number of aryl methyl sites for hydroxylation is 1. The Hall–Kier alpha value is -3.10. The van der Waals surface area contributed by atoms with Gasteiger partial charge in [0.2, 0.25) is 5.91 Å². The molecule has 2 amide bonds. The highest BCUT2D eigenvalue weighted by atomic mass is 16.5. The molecule has 0 saturated heterocycles. The molecule has 0 aliphatic heterocycles. The average molecular weight is 334 g/mol. The summed E-state index contributed by atoms with van der Waals surface area (Å²) in [6.07, 6.45) is 1.59. The summed E-state index contributed by atoms with van der Waals surface area (Å²) in [6.45, 7) is 1.82. The number of aliphatic carboxylic acids is 1. The van der Waals surface area contributed by atoms with Crippen LogP contribution in [0.3, 0.4) is 0 Å². The van der Waals surface area contributed by atoms with Crippen molar-refractivity contribution in [1.29, 1.82) is 0 Å². The van der Waals surface area contributed by atoms with Crippen molar-refractivity contribution in [2.75, 3.05) is 7.11 Å². The number of hydrogen-bond acceptors (Lipinski definition) is 5. The van der Waals surface area contributed by atoms with Gasteiger partial charge in [-0.05, 0) is 18.6 Å². The van der Waals surface area contributed by atoms with Crippen LogP contribution in [0.4, 0.5) is 0 Å². The largest absolute Gasteiger partial charge is 0.493 e. The monoisotopic (exact) mass is 334 g/mol. The van der Waals surface area contributed by atoms with E-state index in [4.69, 9.17) is 15.6 Å². The van der Waals surface area contributed by atoms with Crippen LogP contribution in [0.2, 0.25) is 0 Å². The van der Waals surface area contributed by atoms with Crippen molar-refractivity contribution in [3.8, 4) is 5.75 Å². The minimum absolute atomic E-state index is 0.196. The zero-order valence-corrected chi connectivity index (χ0v) is 13.3. The van der Waals surface area contributed by atoms with Crippen LogP contribution in [-0.2, 0) is 16.0 Å². The molecule has 4 N–H and O–H groups in total. The molecule has 0 fully saturated rings. The van der Waals surface area contributed by atoms with Crippen molar-refractivity contribution in [3.63, 3.8) is 0 Å². The molecule has 0 radical (unpaired) electrons. The van der Waals surface area contributed by atoms with E-state index in [1.165, 1.54) is 11.5 Å². The van der Waals surface area contributed by atoms with E-state index in [-0.39, 0.29) is 5.69 Å². The van der Waals surface area contributed by atoms with Crippen LogP contribution in [0.1, 0.15) is 29.5 Å². The summed E-state index contributed by atoms with van der Waals surface area (Å²) in [7, 11) is 1.49. The molecule has 2 aromatic heterocycles. The van der Waals surface area contributed by atoms with Gasteiger partial charge in [-0.1, -0.05) is 6.92 Å². The lowest BCUT2D eigenvalue weighted by atomic mass is 10.2. The normalized spacial score (nSPS) is 11.9. The van der Waals surface area contributed by atoms with E-state index in [9.17, 15) is 14.4 Å². The van der Waals surface area contributed by atoms with Crippen LogP contribution >= 0.6 is 0 Å². The number of primary amides is 1. The lowest BCUT2D eigenvalue weighted by Gasteiger charge is -2.13. The summed E-state index contributed by atoms with van der Waals surface area (Å²) in [4.78, 5) is 39.1. The highest BCUT2D eigenvalue weighted by Gasteiger charge is 2.26. The summed E-state index contributed by atoms with van der Waals surface area (Å²) >= 11 is 0. The SMILES string of the molecule is CCc1nc2c(OC)cccn2c1C(=O)NC(CC(N)=O)C(=O)O. The van der Waals surface area contributed by atoms with Gasteiger partial charge in [0.05, 0.1) is 19.2 Å². The molecule has 0 aliphatic carbocycles. The lowest BCUT2D eigenvalue weighted by Crippen LogP contribution is -2.43. The van der Waals surface area contributed by atoms with Crippen LogP contribution < -0.4 is 15.8 Å². The fourth-order valence-electron chi connectivity index (χ4n) is 2.36. The van der Waals surface area contributed by atoms with Crippen molar-refractivity contribution < 1.29 is 24.2 Å². The van der Waals surface area contributed by atoms with E-state index in [1.54, 1.807) is 18.3 Å². The number of carbonyl (C=O) groups is 3. The number of carbonyl (C=O) groups excluding carboxylic acids is 2. The summed E-state index contributed by atoms with van der Waals surface area (Å²) in [5, 5.41) is 11.4. The van der Waals surface area contributed by atoms with Gasteiger partial charge in [0.25, 0.3) is 5.91 Å². The molecule has 0 saturated carbocycles. The molecule has 2 rings (SSSR count). The number of aromatic nitrogens is 2. The Labute approximate surface area is 137 Å². The minimum Gasteiger partial charge on any atom is -0.493 e. The maximum absolute atomic E-state index is 12.6. The van der Waals surface area contributed by atoms with Crippen LogP contribution in [0.25, 0.3) is 5.65 Å². The van der Waals surface area contributed by atoms with Crippen molar-refractivity contribution in [3.05, 3.63) is 29.7 Å². The first-order valence-electron chi connectivity index (χ1n) is 7.24. The molecule has 0 aromatic carbocycles. The molecule has 0 aliphatic rings. The molecular weight excluding hydrogens is 316 g/mol. The van der Waals surface area contributed by atoms with Gasteiger partial charge >= 0.3 is 5.97 Å². The number of imidazole rings is 1. The zero-order valence-electron chi connectivity index (χ0n) is 13.3. The average Bonchev–Trinajstić information content (AvgIpc) is 2.92. The van der Waals surface area contributed by atoms with Gasteiger partial charge < -0.3 is 20.9 Å². The fraction of sp³-hybridized carbons (Fsp3) is 0.333. The third-order valence-electron chi connectivity index (χ3n) is 3.47. The molecule has 0 bridgehead atoms. The Balaban J connectivity index is 2.45. The smallest absolute Gasteiger partial charge is 0.326 e. The Bertz CT molecular complexity index is 799. The number of methoxy groups -OCH3 is 1. The molecule has 1 unspecified atom stereocenters. The quantitative estimate of drug-likeness (QED) is 0.650. The van der Waals surface area contributed by atoms with Crippen LogP contribution in [0, 0.1) is 0 Å². The third-order valence-corrected chi connectivity index (χ3v) is 3.47. The number of carboxylic acids is 1. The summed E-state index contributed by atoms with van der Waals surface area (Å²) < 4.78 is 6.75. The molecule has 2 aromatic rings. The number of nitrogens with one attached hydrogen (secondary N) is 1. The summed E-state index contributed by atoms with van der Waals surface area (Å²) in [5.41, 5.74) is 6.15. The number of amides is 2. The maximum Gasteiger partial charge on any atom is 0.326 e. The maximum atomic E-state index is 12.6. The summed E-state index contributed by atoms with van der Waals surface area (Å²) in [6, 6.07) is 1.98. The second kappa shape index (κ2) is 6.99. The van der Waals surface area contributed by atoms with Crippen molar-refractivity contribution >= 4 is 23.4 Å². The molecular formula is C15H18N4O5. The predicted molar refractivity (Wildman–Crippen MR) is 83.8 cm³/mol.